The van der Waals surface area contributed by atoms with E-state index in [1.807, 2.05) is 0 Å². The maximum Gasteiger partial charge on any atom is 1.00 e. The van der Waals surface area contributed by atoms with Crippen LogP contribution in [0.25, 0.3) is 0 Å². The standard InChI is InChI=1S/Li.H3OPS.H/c;1-3-2;/h;1H,2H2;/q+1;;-1. The quantitative estimate of drug-likeness (QED) is 0.213. The van der Waals surface area contributed by atoms with Crippen molar-refractivity contribution in [1.29, 1.82) is 0 Å². The van der Waals surface area contributed by atoms with Crippen LogP contribution in [0.3, 0.4) is 0 Å². The van der Waals surface area contributed by atoms with Gasteiger partial charge in [-0.2, -0.15) is 0 Å². The molecule has 0 bridgehead atoms. The summed E-state index contributed by atoms with van der Waals surface area (Å²) in [4.78, 5) is 0. The monoisotopic (exact) mass is 90.0 g/mol. The van der Waals surface area contributed by atoms with Crippen LogP contribution in [0.2, 0.25) is 0 Å². The molecule has 0 aromatic heterocycles. The van der Waals surface area contributed by atoms with Gasteiger partial charge in [0.2, 0.25) is 0 Å². The van der Waals surface area contributed by atoms with E-state index in [1.165, 1.54) is 0 Å². The van der Waals surface area contributed by atoms with E-state index in [9.17, 15) is 0 Å². The normalized spacial score (nSPS) is 4.50. The van der Waals surface area contributed by atoms with Crippen LogP contribution >= 0.6 is 20.1 Å². The maximum atomic E-state index is 7.45. The topological polar surface area (TPSA) is 20.2 Å². The van der Waals surface area contributed by atoms with Crippen LogP contribution in [0.15, 0.2) is 0 Å². The first-order valence-corrected chi connectivity index (χ1v) is 2.67. The van der Waals surface area contributed by atoms with Gasteiger partial charge in [0.25, 0.3) is 0 Å². The van der Waals surface area contributed by atoms with Crippen molar-refractivity contribution in [3.05, 3.63) is 0 Å². The number of hydrogen-bond acceptors (Lipinski definition) is 2. The molecule has 0 spiro atoms. The van der Waals surface area contributed by atoms with Crippen LogP contribution < -0.4 is 18.9 Å². The molecule has 0 rings (SSSR count). The van der Waals surface area contributed by atoms with E-state index in [4.69, 9.17) is 4.55 Å². The zero-order chi connectivity index (χ0) is 2.71. The largest absolute Gasteiger partial charge is 1.00 e. The molecule has 4 heteroatoms. The molecule has 4 heavy (non-hydrogen) atoms. The SMILES string of the molecule is OSP.[H-].[Li+]. The summed E-state index contributed by atoms with van der Waals surface area (Å²) >= 11 is 0.667. The first-order valence-electron chi connectivity index (χ1n) is 0.418. The van der Waals surface area contributed by atoms with Crippen LogP contribution in [0, 0.1) is 0 Å². The Morgan fingerprint density at radius 2 is 2.00 bits per heavy atom. The molecule has 0 radical (unpaired) electrons. The molecule has 0 aromatic carbocycles. The third-order valence-corrected chi connectivity index (χ3v) is 0. The Labute approximate surface area is 45.4 Å². The molecule has 0 saturated carbocycles. The minimum Gasteiger partial charge on any atom is -1.00 e. The van der Waals surface area contributed by atoms with Gasteiger partial charge in [-0.3, -0.25) is 0 Å². The Morgan fingerprint density at radius 3 is 2.00 bits per heavy atom. The molecule has 1 unspecified atom stereocenters. The third kappa shape index (κ3) is 10.2. The summed E-state index contributed by atoms with van der Waals surface area (Å²) in [6.45, 7) is 0. The van der Waals surface area contributed by atoms with Gasteiger partial charge in [0.1, 0.15) is 0 Å². The van der Waals surface area contributed by atoms with E-state index in [0.29, 0.717) is 11.7 Å². The zero-order valence-corrected chi connectivity index (χ0v) is 4.40. The van der Waals surface area contributed by atoms with Crippen LogP contribution in [-0.4, -0.2) is 4.55 Å². The Balaban J connectivity index is -0.0000000200. The fraction of sp³-hybridized carbons (Fsp3) is 0. The zero-order valence-electron chi connectivity index (χ0n) is 3.43. The molecule has 22 valence electrons. The van der Waals surface area contributed by atoms with Crippen molar-refractivity contribution in [1.82, 2.24) is 0 Å². The third-order valence-electron chi connectivity index (χ3n) is 0. The van der Waals surface area contributed by atoms with Crippen molar-refractivity contribution in [3.63, 3.8) is 0 Å². The Kier molecular flexibility index (Phi) is 19.9. The van der Waals surface area contributed by atoms with Gasteiger partial charge in [-0.15, -0.1) is 0 Å². The summed E-state index contributed by atoms with van der Waals surface area (Å²) in [5.41, 5.74) is 0. The molecule has 1 nitrogen and oxygen atoms in total. The Hall–Kier alpha value is 1.34. The Morgan fingerprint density at radius 1 is 2.00 bits per heavy atom. The maximum absolute atomic E-state index is 7.45. The molecule has 1 atom stereocenters. The number of hydrogen-bond donors (Lipinski definition) is 1. The summed E-state index contributed by atoms with van der Waals surface area (Å²) < 4.78 is 7.45. The predicted molar refractivity (Wildman–Crippen MR) is 21.0 cm³/mol. The van der Waals surface area contributed by atoms with Crippen molar-refractivity contribution in [3.8, 4) is 0 Å². The van der Waals surface area contributed by atoms with E-state index >= 15 is 0 Å². The molecule has 0 heterocycles. The molecule has 0 aromatic rings. The van der Waals surface area contributed by atoms with E-state index in [-0.39, 0.29) is 20.3 Å². The van der Waals surface area contributed by atoms with Crippen molar-refractivity contribution >= 4 is 20.1 Å². The van der Waals surface area contributed by atoms with Crippen molar-refractivity contribution in [2.75, 3.05) is 0 Å². The van der Waals surface area contributed by atoms with Crippen LogP contribution in [0.5, 0.6) is 0 Å². The summed E-state index contributed by atoms with van der Waals surface area (Å²) in [6.07, 6.45) is 0. The molecule has 0 aliphatic carbocycles. The Bertz CT molecular complexity index is 11.6. The molecule has 0 aliphatic rings. The molecular formula is H4LiOPS. The first kappa shape index (κ1) is 9.02. The summed E-state index contributed by atoms with van der Waals surface area (Å²) in [6, 6.07) is 0. The van der Waals surface area contributed by atoms with Gasteiger partial charge >= 0.3 is 18.9 Å². The minimum absolute atomic E-state index is 0. The first-order chi connectivity index (χ1) is 1.41. The van der Waals surface area contributed by atoms with Crippen LogP contribution in [0.1, 0.15) is 1.43 Å². The molecular weight excluding hydrogens is 86.0 g/mol. The predicted octanol–water partition coefficient (Wildman–Crippen LogP) is -1.90. The second-order valence-corrected chi connectivity index (χ2v) is 0.949. The average molecular weight is 90.0 g/mol. The van der Waals surface area contributed by atoms with Gasteiger partial charge in [0, 0.05) is 11.7 Å². The molecule has 0 amide bonds. The fourth-order valence-electron chi connectivity index (χ4n) is 0. The van der Waals surface area contributed by atoms with Crippen molar-refractivity contribution in [2.45, 2.75) is 0 Å². The van der Waals surface area contributed by atoms with Crippen LogP contribution in [0.4, 0.5) is 0 Å². The number of rotatable bonds is 0. The van der Waals surface area contributed by atoms with Gasteiger partial charge in [0.15, 0.2) is 0 Å². The van der Waals surface area contributed by atoms with E-state index in [0.717, 1.165) is 0 Å². The van der Waals surface area contributed by atoms with E-state index < -0.39 is 0 Å². The molecule has 0 saturated heterocycles. The minimum atomic E-state index is 0. The summed E-state index contributed by atoms with van der Waals surface area (Å²) in [5.74, 6) is 0. The van der Waals surface area contributed by atoms with Crippen LogP contribution in [-0.2, 0) is 0 Å². The smallest absolute Gasteiger partial charge is 1.00 e. The van der Waals surface area contributed by atoms with Gasteiger partial charge in [-0.25, -0.2) is 0 Å². The second-order valence-electron chi connectivity index (χ2n) is 0.105. The van der Waals surface area contributed by atoms with E-state index in [1.54, 1.807) is 0 Å². The van der Waals surface area contributed by atoms with Gasteiger partial charge in [-0.1, -0.05) is 0 Å². The average Bonchev–Trinajstić information content (AvgIpc) is 0.918. The summed E-state index contributed by atoms with van der Waals surface area (Å²) in [7, 11) is 2.05. The van der Waals surface area contributed by atoms with Gasteiger partial charge < -0.3 is 5.98 Å². The van der Waals surface area contributed by atoms with Crippen molar-refractivity contribution < 1.29 is 24.8 Å². The fourth-order valence-corrected chi connectivity index (χ4v) is 0. The van der Waals surface area contributed by atoms with Gasteiger partial charge in [-0.05, 0) is 8.44 Å². The van der Waals surface area contributed by atoms with E-state index in [2.05, 4.69) is 8.44 Å². The van der Waals surface area contributed by atoms with Crippen molar-refractivity contribution in [2.24, 2.45) is 0 Å². The molecule has 0 aliphatic heterocycles. The molecule has 1 N–H and O–H groups in total. The molecule has 0 fully saturated rings. The second kappa shape index (κ2) is 8.84. The summed E-state index contributed by atoms with van der Waals surface area (Å²) in [5, 5.41) is 0. The van der Waals surface area contributed by atoms with Gasteiger partial charge in [0.05, 0.1) is 0 Å².